The molecule has 0 amide bonds. The lowest BCUT2D eigenvalue weighted by molar-refractivity contribution is 0.508. The van der Waals surface area contributed by atoms with Gasteiger partial charge in [-0.2, -0.15) is 5.10 Å². The first-order valence-corrected chi connectivity index (χ1v) is 8.83. The molecule has 2 N–H and O–H groups in total. The fourth-order valence-electron chi connectivity index (χ4n) is 3.46. The number of aromatic nitrogens is 5. The number of fused-ring (bicyclic) bond motifs is 2. The van der Waals surface area contributed by atoms with Crippen molar-refractivity contribution in [1.29, 1.82) is 0 Å². The van der Waals surface area contributed by atoms with Crippen LogP contribution >= 0.6 is 0 Å². The first kappa shape index (κ1) is 16.0. The van der Waals surface area contributed by atoms with Gasteiger partial charge in [0.15, 0.2) is 5.65 Å². The van der Waals surface area contributed by atoms with Gasteiger partial charge in [0.25, 0.3) is 0 Å². The second kappa shape index (κ2) is 6.17. The number of hydrogen-bond acceptors (Lipinski definition) is 5. The molecular formula is C19H18FN7. The molecule has 0 spiro atoms. The van der Waals surface area contributed by atoms with E-state index in [1.807, 2.05) is 25.4 Å². The van der Waals surface area contributed by atoms with Crippen LogP contribution in [0.25, 0.3) is 28.3 Å². The van der Waals surface area contributed by atoms with Gasteiger partial charge in [0.2, 0.25) is 0 Å². The third-order valence-electron chi connectivity index (χ3n) is 4.78. The Labute approximate surface area is 154 Å². The molecule has 0 radical (unpaired) electrons. The van der Waals surface area contributed by atoms with E-state index in [0.29, 0.717) is 6.54 Å². The largest absolute Gasteiger partial charge is 0.372 e. The molecule has 0 saturated carbocycles. The molecule has 8 heteroatoms. The number of rotatable bonds is 3. The van der Waals surface area contributed by atoms with Crippen molar-refractivity contribution in [2.24, 2.45) is 0 Å². The Morgan fingerprint density at radius 3 is 2.78 bits per heavy atom. The van der Waals surface area contributed by atoms with Crippen molar-refractivity contribution in [3.63, 3.8) is 0 Å². The standard InChI is InChI=1S/C19H18FN7/c1-21-15-11-27-16(23-15)7-6-14(25-27)19-18(12-2-4-13(20)5-3-12)24-17-10-22-8-9-26(17)19/h2-7,11,21-22H,8-10H2,1H3. The van der Waals surface area contributed by atoms with Crippen LogP contribution in [0.3, 0.4) is 0 Å². The SMILES string of the molecule is CNc1cn2nc(-c3c(-c4ccc(F)cc4)nc4n3CCNC4)ccc2n1. The van der Waals surface area contributed by atoms with Crippen molar-refractivity contribution < 1.29 is 4.39 Å². The Kier molecular flexibility index (Phi) is 3.64. The normalized spacial score (nSPS) is 13.7. The first-order chi connectivity index (χ1) is 13.2. The molecule has 0 aliphatic carbocycles. The first-order valence-electron chi connectivity index (χ1n) is 8.83. The van der Waals surface area contributed by atoms with Gasteiger partial charge in [-0.3, -0.25) is 0 Å². The van der Waals surface area contributed by atoms with E-state index in [9.17, 15) is 4.39 Å². The summed E-state index contributed by atoms with van der Waals surface area (Å²) in [5.41, 5.74) is 4.21. The number of benzene rings is 1. The lowest BCUT2D eigenvalue weighted by atomic mass is 10.1. The summed E-state index contributed by atoms with van der Waals surface area (Å²) in [5, 5.41) is 11.1. The summed E-state index contributed by atoms with van der Waals surface area (Å²) in [7, 11) is 1.83. The van der Waals surface area contributed by atoms with Gasteiger partial charge in [0.1, 0.15) is 23.2 Å². The Balaban J connectivity index is 1.72. The summed E-state index contributed by atoms with van der Waals surface area (Å²) >= 11 is 0. The molecule has 27 heavy (non-hydrogen) atoms. The number of hydrogen-bond donors (Lipinski definition) is 2. The maximum Gasteiger partial charge on any atom is 0.156 e. The zero-order valence-corrected chi connectivity index (χ0v) is 14.8. The topological polar surface area (TPSA) is 72.1 Å². The minimum Gasteiger partial charge on any atom is -0.372 e. The second-order valence-electron chi connectivity index (χ2n) is 6.46. The molecule has 7 nitrogen and oxygen atoms in total. The highest BCUT2D eigenvalue weighted by Crippen LogP contribution is 2.33. The molecule has 1 aromatic carbocycles. The molecule has 1 aliphatic heterocycles. The summed E-state index contributed by atoms with van der Waals surface area (Å²) < 4.78 is 17.4. The number of anilines is 1. The van der Waals surface area contributed by atoms with Crippen molar-refractivity contribution >= 4 is 11.5 Å². The minimum atomic E-state index is -0.261. The molecule has 4 aromatic rings. The fourth-order valence-corrected chi connectivity index (χ4v) is 3.46. The van der Waals surface area contributed by atoms with E-state index in [1.165, 1.54) is 12.1 Å². The Hall–Kier alpha value is -3.26. The molecule has 0 atom stereocenters. The molecule has 0 fully saturated rings. The quantitative estimate of drug-likeness (QED) is 0.585. The molecule has 136 valence electrons. The van der Waals surface area contributed by atoms with E-state index in [1.54, 1.807) is 16.6 Å². The van der Waals surface area contributed by atoms with Crippen molar-refractivity contribution in [3.8, 4) is 22.6 Å². The van der Waals surface area contributed by atoms with E-state index in [-0.39, 0.29) is 5.82 Å². The van der Waals surface area contributed by atoms with Gasteiger partial charge >= 0.3 is 0 Å². The molecule has 1 aliphatic rings. The van der Waals surface area contributed by atoms with Gasteiger partial charge in [-0.05, 0) is 36.4 Å². The predicted molar refractivity (Wildman–Crippen MR) is 101 cm³/mol. The van der Waals surface area contributed by atoms with Gasteiger partial charge in [0, 0.05) is 25.7 Å². The van der Waals surface area contributed by atoms with Crippen LogP contribution in [-0.4, -0.2) is 37.7 Å². The molecule has 3 aromatic heterocycles. The average molecular weight is 363 g/mol. The average Bonchev–Trinajstić information content (AvgIpc) is 3.29. The van der Waals surface area contributed by atoms with Crippen LogP contribution in [0, 0.1) is 5.82 Å². The van der Waals surface area contributed by atoms with Crippen molar-refractivity contribution in [2.45, 2.75) is 13.1 Å². The van der Waals surface area contributed by atoms with E-state index >= 15 is 0 Å². The van der Waals surface area contributed by atoms with Gasteiger partial charge in [0.05, 0.1) is 24.1 Å². The summed E-state index contributed by atoms with van der Waals surface area (Å²) in [4.78, 5) is 9.28. The predicted octanol–water partition coefficient (Wildman–Crippen LogP) is 2.54. The highest BCUT2D eigenvalue weighted by atomic mass is 19.1. The number of halogens is 1. The lowest BCUT2D eigenvalue weighted by Gasteiger charge is -2.17. The Morgan fingerprint density at radius 1 is 1.11 bits per heavy atom. The van der Waals surface area contributed by atoms with E-state index in [0.717, 1.165) is 53.0 Å². The monoisotopic (exact) mass is 363 g/mol. The molecule has 0 saturated heterocycles. The van der Waals surface area contributed by atoms with Crippen LogP contribution in [-0.2, 0) is 13.1 Å². The summed E-state index contributed by atoms with van der Waals surface area (Å²) in [6, 6.07) is 10.3. The van der Waals surface area contributed by atoms with Crippen LogP contribution in [0.5, 0.6) is 0 Å². The zero-order valence-electron chi connectivity index (χ0n) is 14.8. The maximum absolute atomic E-state index is 13.4. The van der Waals surface area contributed by atoms with E-state index in [2.05, 4.69) is 20.2 Å². The van der Waals surface area contributed by atoms with Crippen LogP contribution < -0.4 is 10.6 Å². The van der Waals surface area contributed by atoms with Gasteiger partial charge in [-0.1, -0.05) is 0 Å². The van der Waals surface area contributed by atoms with Crippen molar-refractivity contribution in [1.82, 2.24) is 29.5 Å². The van der Waals surface area contributed by atoms with Gasteiger partial charge < -0.3 is 15.2 Å². The number of imidazole rings is 2. The molecule has 5 rings (SSSR count). The van der Waals surface area contributed by atoms with Crippen LogP contribution in [0.2, 0.25) is 0 Å². The van der Waals surface area contributed by atoms with E-state index in [4.69, 9.17) is 10.1 Å². The van der Waals surface area contributed by atoms with Crippen LogP contribution in [0.4, 0.5) is 10.2 Å². The third kappa shape index (κ3) is 2.65. The Bertz CT molecular complexity index is 1130. The Morgan fingerprint density at radius 2 is 1.96 bits per heavy atom. The van der Waals surface area contributed by atoms with Gasteiger partial charge in [-0.15, -0.1) is 0 Å². The van der Waals surface area contributed by atoms with Crippen LogP contribution in [0.1, 0.15) is 5.82 Å². The third-order valence-corrected chi connectivity index (χ3v) is 4.78. The lowest BCUT2D eigenvalue weighted by Crippen LogP contribution is -2.28. The molecular weight excluding hydrogens is 345 g/mol. The van der Waals surface area contributed by atoms with Crippen molar-refractivity contribution in [3.05, 3.63) is 54.2 Å². The molecule has 0 bridgehead atoms. The molecule has 0 unspecified atom stereocenters. The zero-order chi connectivity index (χ0) is 18.4. The summed E-state index contributed by atoms with van der Waals surface area (Å²) in [5.74, 6) is 1.46. The smallest absolute Gasteiger partial charge is 0.156 e. The highest BCUT2D eigenvalue weighted by molar-refractivity contribution is 5.77. The van der Waals surface area contributed by atoms with Crippen LogP contribution in [0.15, 0.2) is 42.6 Å². The number of nitrogens with zero attached hydrogens (tertiary/aromatic N) is 5. The summed E-state index contributed by atoms with van der Waals surface area (Å²) in [6.45, 7) is 2.38. The highest BCUT2D eigenvalue weighted by Gasteiger charge is 2.23. The van der Waals surface area contributed by atoms with E-state index < -0.39 is 0 Å². The fraction of sp³-hybridized carbons (Fsp3) is 0.211. The van der Waals surface area contributed by atoms with Gasteiger partial charge in [-0.25, -0.2) is 18.9 Å². The minimum absolute atomic E-state index is 0.261. The maximum atomic E-state index is 13.4. The van der Waals surface area contributed by atoms with Crippen molar-refractivity contribution in [2.75, 3.05) is 18.9 Å². The second-order valence-corrected chi connectivity index (χ2v) is 6.46. The summed E-state index contributed by atoms with van der Waals surface area (Å²) in [6.07, 6.45) is 1.85. The number of nitrogens with one attached hydrogen (secondary N) is 2. The molecule has 4 heterocycles.